The second-order valence-electron chi connectivity index (χ2n) is 6.71. The fourth-order valence-corrected chi connectivity index (χ4v) is 3.57. The first-order valence-electron chi connectivity index (χ1n) is 8.40. The van der Waals surface area contributed by atoms with E-state index in [4.69, 9.17) is 23.2 Å². The van der Waals surface area contributed by atoms with Crippen molar-refractivity contribution in [2.24, 2.45) is 0 Å². The van der Waals surface area contributed by atoms with Crippen molar-refractivity contribution < 1.29 is 27.3 Å². The predicted molar refractivity (Wildman–Crippen MR) is 92.7 cm³/mol. The standard InChI is InChI=1S/C17H20Cl2F4N2O/c18-13-8-12(9-14(19)10-13)15(26)24-11-16(20)3-6-25(7-4-16)5-1-2-17(21,22)23/h8-10H,1-7,11H2,(H,24,26)/p+1. The SMILES string of the molecule is O=C(NCC1(F)CC[NH+](CCCC(F)(F)F)CC1)c1cc(Cl)cc(Cl)c1. The molecule has 1 fully saturated rings. The monoisotopic (exact) mass is 415 g/mol. The van der Waals surface area contributed by atoms with Crippen molar-refractivity contribution in [3.63, 3.8) is 0 Å². The van der Waals surface area contributed by atoms with Crippen molar-refractivity contribution in [3.8, 4) is 0 Å². The van der Waals surface area contributed by atoms with Crippen LogP contribution in [-0.2, 0) is 0 Å². The molecule has 26 heavy (non-hydrogen) atoms. The summed E-state index contributed by atoms with van der Waals surface area (Å²) < 4.78 is 51.4. The number of alkyl halides is 4. The normalized spacial score (nSPS) is 23.7. The van der Waals surface area contributed by atoms with Gasteiger partial charge in [-0.3, -0.25) is 4.79 Å². The highest BCUT2D eigenvalue weighted by molar-refractivity contribution is 6.35. The van der Waals surface area contributed by atoms with E-state index in [0.717, 1.165) is 4.90 Å². The number of rotatable bonds is 6. The molecule has 1 heterocycles. The Morgan fingerprint density at radius 1 is 1.15 bits per heavy atom. The summed E-state index contributed by atoms with van der Waals surface area (Å²) in [7, 11) is 0. The van der Waals surface area contributed by atoms with E-state index in [9.17, 15) is 22.4 Å². The number of quaternary nitrogens is 1. The maximum absolute atomic E-state index is 14.8. The van der Waals surface area contributed by atoms with E-state index >= 15 is 0 Å². The Bertz CT molecular complexity index is 611. The van der Waals surface area contributed by atoms with Crippen LogP contribution in [0.15, 0.2) is 18.2 Å². The molecule has 0 saturated carbocycles. The zero-order valence-corrected chi connectivity index (χ0v) is 15.6. The summed E-state index contributed by atoms with van der Waals surface area (Å²) in [5.74, 6) is -0.466. The Morgan fingerprint density at radius 3 is 2.27 bits per heavy atom. The highest BCUT2D eigenvalue weighted by Crippen LogP contribution is 2.23. The van der Waals surface area contributed by atoms with Crippen molar-refractivity contribution in [1.82, 2.24) is 5.32 Å². The van der Waals surface area contributed by atoms with Gasteiger partial charge in [0.25, 0.3) is 5.91 Å². The number of carbonyl (C=O) groups is 1. The summed E-state index contributed by atoms with van der Waals surface area (Å²) in [6.07, 6.45) is -4.51. The van der Waals surface area contributed by atoms with E-state index in [0.29, 0.717) is 29.7 Å². The molecule has 0 radical (unpaired) electrons. The van der Waals surface area contributed by atoms with Crippen LogP contribution in [0.1, 0.15) is 36.0 Å². The molecule has 0 spiro atoms. The Kier molecular flexibility index (Phi) is 7.16. The van der Waals surface area contributed by atoms with Crippen molar-refractivity contribution >= 4 is 29.1 Å². The van der Waals surface area contributed by atoms with Crippen molar-refractivity contribution in [2.75, 3.05) is 26.2 Å². The lowest BCUT2D eigenvalue weighted by molar-refractivity contribution is -0.907. The molecule has 1 aromatic rings. The number of benzene rings is 1. The van der Waals surface area contributed by atoms with Crippen LogP contribution in [0.25, 0.3) is 0 Å². The average Bonchev–Trinajstić information content (AvgIpc) is 2.53. The molecular weight excluding hydrogens is 395 g/mol. The zero-order chi connectivity index (χ0) is 19.4. The van der Waals surface area contributed by atoms with Gasteiger partial charge in [0.1, 0.15) is 5.67 Å². The van der Waals surface area contributed by atoms with E-state index in [1.807, 2.05) is 0 Å². The third-order valence-corrected chi connectivity index (χ3v) is 4.97. The number of hydrogen-bond acceptors (Lipinski definition) is 1. The number of likely N-dealkylation sites (tertiary alicyclic amines) is 1. The molecule has 2 rings (SSSR count). The lowest BCUT2D eigenvalue weighted by Crippen LogP contribution is -3.13. The molecule has 0 aromatic heterocycles. The Labute approximate surface area is 159 Å². The molecule has 1 saturated heterocycles. The molecule has 1 amide bonds. The summed E-state index contributed by atoms with van der Waals surface area (Å²) in [6, 6.07) is 4.38. The Balaban J connectivity index is 1.77. The number of amides is 1. The number of piperidine rings is 1. The fraction of sp³-hybridized carbons (Fsp3) is 0.588. The van der Waals surface area contributed by atoms with Gasteiger partial charge in [-0.25, -0.2) is 4.39 Å². The lowest BCUT2D eigenvalue weighted by atomic mass is 9.93. The minimum absolute atomic E-state index is 0.0460. The summed E-state index contributed by atoms with van der Waals surface area (Å²) in [5.41, 5.74) is -1.30. The highest BCUT2D eigenvalue weighted by atomic mass is 35.5. The van der Waals surface area contributed by atoms with Gasteiger partial charge < -0.3 is 10.2 Å². The minimum Gasteiger partial charge on any atom is -0.349 e. The first-order valence-corrected chi connectivity index (χ1v) is 9.15. The van der Waals surface area contributed by atoms with Crippen molar-refractivity contribution in [1.29, 1.82) is 0 Å². The molecule has 2 N–H and O–H groups in total. The number of carbonyl (C=O) groups excluding carboxylic acids is 1. The molecule has 0 unspecified atom stereocenters. The molecular formula is C17H21Cl2F4N2O+. The smallest absolute Gasteiger partial charge is 0.349 e. The quantitative estimate of drug-likeness (QED) is 0.685. The van der Waals surface area contributed by atoms with Crippen LogP contribution in [0.2, 0.25) is 10.0 Å². The molecule has 1 aliphatic rings. The molecule has 1 aliphatic heterocycles. The molecule has 0 bridgehead atoms. The molecule has 146 valence electrons. The molecule has 9 heteroatoms. The number of hydrogen-bond donors (Lipinski definition) is 2. The molecule has 3 nitrogen and oxygen atoms in total. The van der Waals surface area contributed by atoms with E-state index < -0.39 is 24.2 Å². The van der Waals surface area contributed by atoms with Gasteiger partial charge in [0.05, 0.1) is 26.2 Å². The Morgan fingerprint density at radius 2 is 1.73 bits per heavy atom. The highest BCUT2D eigenvalue weighted by Gasteiger charge is 2.37. The van der Waals surface area contributed by atoms with Gasteiger partial charge in [0.15, 0.2) is 0 Å². The number of halogens is 6. The second kappa shape index (κ2) is 8.76. The van der Waals surface area contributed by atoms with Gasteiger partial charge in [0, 0.05) is 41.3 Å². The molecule has 1 aromatic carbocycles. The molecule has 0 aliphatic carbocycles. The van der Waals surface area contributed by atoms with Crippen molar-refractivity contribution in [2.45, 2.75) is 37.5 Å². The predicted octanol–water partition coefficient (Wildman–Crippen LogP) is 3.45. The van der Waals surface area contributed by atoms with E-state index in [1.54, 1.807) is 0 Å². The Hall–Kier alpha value is -1.05. The maximum atomic E-state index is 14.8. The maximum Gasteiger partial charge on any atom is 0.389 e. The third-order valence-electron chi connectivity index (χ3n) is 4.53. The average molecular weight is 416 g/mol. The largest absolute Gasteiger partial charge is 0.389 e. The van der Waals surface area contributed by atoms with E-state index in [-0.39, 0.29) is 31.4 Å². The van der Waals surface area contributed by atoms with Gasteiger partial charge >= 0.3 is 6.18 Å². The lowest BCUT2D eigenvalue weighted by Gasteiger charge is -2.34. The van der Waals surface area contributed by atoms with Crippen LogP contribution in [0, 0.1) is 0 Å². The van der Waals surface area contributed by atoms with E-state index in [1.165, 1.54) is 18.2 Å². The topological polar surface area (TPSA) is 33.5 Å². The van der Waals surface area contributed by atoms with Crippen LogP contribution in [-0.4, -0.2) is 43.9 Å². The van der Waals surface area contributed by atoms with Crippen molar-refractivity contribution in [3.05, 3.63) is 33.8 Å². The fourth-order valence-electron chi connectivity index (χ4n) is 3.04. The summed E-state index contributed by atoms with van der Waals surface area (Å²) in [5, 5.41) is 3.18. The van der Waals surface area contributed by atoms with E-state index in [2.05, 4.69) is 5.32 Å². The number of nitrogens with one attached hydrogen (secondary N) is 2. The van der Waals surface area contributed by atoms with Gasteiger partial charge in [-0.1, -0.05) is 23.2 Å². The third kappa shape index (κ3) is 6.93. The van der Waals surface area contributed by atoms with Crippen LogP contribution in [0.4, 0.5) is 17.6 Å². The second-order valence-corrected chi connectivity index (χ2v) is 7.58. The van der Waals surface area contributed by atoms with Crippen LogP contribution in [0.3, 0.4) is 0 Å². The van der Waals surface area contributed by atoms with Crippen LogP contribution in [0.5, 0.6) is 0 Å². The summed E-state index contributed by atoms with van der Waals surface area (Å²) in [4.78, 5) is 13.1. The van der Waals surface area contributed by atoms with Gasteiger partial charge in [-0.2, -0.15) is 13.2 Å². The summed E-state index contributed by atoms with van der Waals surface area (Å²) >= 11 is 11.7. The van der Waals surface area contributed by atoms with Crippen LogP contribution >= 0.6 is 23.2 Å². The zero-order valence-electron chi connectivity index (χ0n) is 14.1. The van der Waals surface area contributed by atoms with Gasteiger partial charge in [-0.15, -0.1) is 0 Å². The first-order chi connectivity index (χ1) is 12.1. The molecule has 0 atom stereocenters. The summed E-state index contributed by atoms with van der Waals surface area (Å²) in [6.45, 7) is 1.13. The first kappa shape index (κ1) is 21.3. The minimum atomic E-state index is -4.15. The van der Waals surface area contributed by atoms with Gasteiger partial charge in [0.2, 0.25) is 0 Å². The van der Waals surface area contributed by atoms with Crippen LogP contribution < -0.4 is 10.2 Å². The van der Waals surface area contributed by atoms with Gasteiger partial charge in [-0.05, 0) is 18.2 Å².